The van der Waals surface area contributed by atoms with Crippen LogP contribution in [0.25, 0.3) is 0 Å². The van der Waals surface area contributed by atoms with Crippen molar-refractivity contribution in [2.75, 3.05) is 13.2 Å². The molecule has 2 atom stereocenters. The monoisotopic (exact) mass is 873 g/mol. The summed E-state index contributed by atoms with van der Waals surface area (Å²) in [5.74, 6) is -0.955. The Kier molecular flexibility index (Phi) is 20.3. The summed E-state index contributed by atoms with van der Waals surface area (Å²) in [5, 5.41) is 0.137. The van der Waals surface area contributed by atoms with Crippen molar-refractivity contribution in [3.8, 4) is 0 Å². The summed E-state index contributed by atoms with van der Waals surface area (Å²) in [6, 6.07) is 13.2. The summed E-state index contributed by atoms with van der Waals surface area (Å²) in [7, 11) is -3.97. The third-order valence-corrected chi connectivity index (χ3v) is 22.3. The predicted molar refractivity (Wildman–Crippen MR) is 257 cm³/mol. The second-order valence-electron chi connectivity index (χ2n) is 20.0. The van der Waals surface area contributed by atoms with Crippen LogP contribution >= 0.6 is 0 Å². The summed E-state index contributed by atoms with van der Waals surface area (Å²) in [6.45, 7) is 28.5. The summed E-state index contributed by atoms with van der Waals surface area (Å²) in [6.07, 6.45) is 24.3. The van der Waals surface area contributed by atoms with Crippen molar-refractivity contribution in [2.45, 2.75) is 187 Å². The number of nitrogens with zero attached hydrogens (tertiary/aromatic N) is 2. The number of unbranched alkanes of at least 4 members (excludes halogenated alkanes) is 13. The molecule has 0 fully saturated rings. The molecule has 0 saturated heterocycles. The van der Waals surface area contributed by atoms with Gasteiger partial charge in [0, 0.05) is 0 Å². The Labute approximate surface area is 372 Å². The van der Waals surface area contributed by atoms with Crippen LogP contribution < -0.4 is 0 Å². The minimum Gasteiger partial charge on any atom is -0.414 e. The zero-order chi connectivity index (χ0) is 45.4. The second-order valence-corrected chi connectivity index (χ2v) is 29.6. The quantitative estimate of drug-likeness (QED) is 0.0451. The first-order valence-corrected chi connectivity index (χ1v) is 29.0. The number of amides is 4. The van der Waals surface area contributed by atoms with Crippen molar-refractivity contribution < 1.29 is 28.0 Å². The molecule has 0 N–H and O–H groups in total. The van der Waals surface area contributed by atoms with Gasteiger partial charge in [0.15, 0.2) is 16.6 Å². The minimum absolute atomic E-state index is 0.0673. The zero-order valence-corrected chi connectivity index (χ0v) is 41.9. The highest BCUT2D eigenvalue weighted by molar-refractivity contribution is 6.74. The van der Waals surface area contributed by atoms with Gasteiger partial charge in [0.2, 0.25) is 0 Å². The average Bonchev–Trinajstić information content (AvgIpc) is 3.61. The van der Waals surface area contributed by atoms with Gasteiger partial charge in [-0.1, -0.05) is 168 Å². The number of fused-ring (bicyclic) bond motifs is 2. The van der Waals surface area contributed by atoms with Gasteiger partial charge in [0.1, 0.15) is 0 Å². The second kappa shape index (κ2) is 23.8. The van der Waals surface area contributed by atoms with Crippen LogP contribution in [0.3, 0.4) is 0 Å². The maximum absolute atomic E-state index is 13.2. The van der Waals surface area contributed by atoms with E-state index >= 15 is 0 Å². The van der Waals surface area contributed by atoms with Gasteiger partial charge in [-0.25, -0.2) is 0 Å². The Morgan fingerprint density at radius 1 is 0.541 bits per heavy atom. The fraction of sp³-hybridized carbons (Fsp3) is 0.608. The van der Waals surface area contributed by atoms with Crippen molar-refractivity contribution in [3.63, 3.8) is 0 Å². The van der Waals surface area contributed by atoms with E-state index in [2.05, 4.69) is 87.3 Å². The van der Waals surface area contributed by atoms with Gasteiger partial charge in [0.05, 0.1) is 47.6 Å². The number of hydrogen-bond acceptors (Lipinski definition) is 6. The molecule has 338 valence electrons. The Bertz CT molecular complexity index is 1720. The summed E-state index contributed by atoms with van der Waals surface area (Å²) in [4.78, 5) is 54.1. The molecule has 61 heavy (non-hydrogen) atoms. The molecule has 8 nitrogen and oxygen atoms in total. The molecule has 0 bridgehead atoms. The molecule has 2 aromatic carbocycles. The van der Waals surface area contributed by atoms with Crippen LogP contribution in [-0.2, 0) is 8.85 Å². The Hall–Kier alpha value is -3.45. The molecule has 10 heteroatoms. The number of carbonyl (C=O) groups excluding carboxylic acids is 4. The summed E-state index contributed by atoms with van der Waals surface area (Å²) >= 11 is 0. The average molecular weight is 873 g/mol. The summed E-state index contributed by atoms with van der Waals surface area (Å²) < 4.78 is 12.7. The molecular weight excluding hydrogens is 793 g/mol. The fourth-order valence-electron chi connectivity index (χ4n) is 7.04. The first kappa shape index (κ1) is 51.9. The Morgan fingerprint density at radius 2 is 0.852 bits per heavy atom. The maximum atomic E-state index is 13.2. The van der Waals surface area contributed by atoms with E-state index in [0.29, 0.717) is 35.5 Å². The van der Waals surface area contributed by atoms with E-state index in [4.69, 9.17) is 8.85 Å². The first-order valence-electron chi connectivity index (χ1n) is 23.2. The van der Waals surface area contributed by atoms with Crippen LogP contribution in [-0.4, -0.2) is 75.4 Å². The van der Waals surface area contributed by atoms with E-state index in [9.17, 15) is 19.2 Å². The van der Waals surface area contributed by atoms with E-state index in [1.807, 2.05) is 18.2 Å². The first-order chi connectivity index (χ1) is 28.7. The molecule has 2 aliphatic heterocycles. The highest BCUT2D eigenvalue weighted by Gasteiger charge is 2.43. The summed E-state index contributed by atoms with van der Waals surface area (Å²) in [5.41, 5.74) is 1.91. The molecule has 0 aromatic heterocycles. The van der Waals surface area contributed by atoms with Gasteiger partial charge in [-0.05, 0) is 73.4 Å². The van der Waals surface area contributed by atoms with Gasteiger partial charge in [-0.2, -0.15) is 0 Å². The normalized spacial score (nSPS) is 15.6. The molecule has 2 aliphatic rings. The van der Waals surface area contributed by atoms with E-state index < -0.39 is 22.7 Å². The standard InChI is InChI=1S/C33H55NO3Si.C18H25NO3Si/c1-7-8-9-10-11-12-13-14-15-16-17-18-19-20-21-24-28(27-37-38(5,6)33(2,3)4)34-31(35)29-25-22-23-26-30(29)32(34)36;1-7-13(12-22-23(5,6)18(2,3)4)19-16(20)14-10-8-9-11-15(14)17(19)21/h21-26,28H,7-20,27H2,1-6H3;7-11,13H,1,12H2,2-6H3/b24-21-;/t28-;13-/m11/s1. The molecular formula is C51H80N2O6Si2. The topological polar surface area (TPSA) is 93.2 Å². The molecule has 0 unspecified atom stereocenters. The molecule has 4 rings (SSSR count). The molecule has 4 amide bonds. The highest BCUT2D eigenvalue weighted by atomic mass is 28.4. The van der Waals surface area contributed by atoms with Gasteiger partial charge in [-0.3, -0.25) is 29.0 Å². The van der Waals surface area contributed by atoms with Crippen LogP contribution in [0.4, 0.5) is 0 Å². The lowest BCUT2D eigenvalue weighted by Gasteiger charge is -2.38. The van der Waals surface area contributed by atoms with Gasteiger partial charge < -0.3 is 8.85 Å². The lowest BCUT2D eigenvalue weighted by molar-refractivity contribution is 0.0556. The smallest absolute Gasteiger partial charge is 0.262 e. The molecule has 2 heterocycles. The van der Waals surface area contributed by atoms with Crippen molar-refractivity contribution >= 4 is 40.3 Å². The van der Waals surface area contributed by atoms with Crippen molar-refractivity contribution in [1.29, 1.82) is 0 Å². The van der Waals surface area contributed by atoms with Crippen LogP contribution in [0.2, 0.25) is 36.3 Å². The molecule has 0 saturated carbocycles. The number of hydrogen-bond donors (Lipinski definition) is 0. The highest BCUT2D eigenvalue weighted by Crippen LogP contribution is 2.38. The molecule has 2 aromatic rings. The van der Waals surface area contributed by atoms with Crippen LogP contribution in [0.1, 0.15) is 180 Å². The lowest BCUT2D eigenvalue weighted by atomic mass is 10.0. The van der Waals surface area contributed by atoms with Crippen molar-refractivity contribution in [2.24, 2.45) is 0 Å². The van der Waals surface area contributed by atoms with E-state index in [0.717, 1.165) is 12.8 Å². The number of rotatable bonds is 24. The van der Waals surface area contributed by atoms with E-state index in [1.165, 1.54) is 86.8 Å². The largest absolute Gasteiger partial charge is 0.414 e. The molecule has 0 aliphatic carbocycles. The SMILES string of the molecule is C=C[C@H](CO[Si](C)(C)C(C)(C)C)N1C(=O)c2ccccc2C1=O.CCCCCCCCCCCCCCC/C=C\[C@H](CO[Si](C)(C)C(C)(C)C)N1C(=O)c2ccccc2C1=O. The minimum atomic E-state index is -2.02. The number of carbonyl (C=O) groups is 4. The van der Waals surface area contributed by atoms with Crippen molar-refractivity contribution in [1.82, 2.24) is 9.80 Å². The Balaban J connectivity index is 0.000000367. The van der Waals surface area contributed by atoms with Crippen LogP contribution in [0, 0.1) is 0 Å². The van der Waals surface area contributed by atoms with Crippen LogP contribution in [0.5, 0.6) is 0 Å². The van der Waals surface area contributed by atoms with Crippen LogP contribution in [0.15, 0.2) is 73.3 Å². The van der Waals surface area contributed by atoms with Gasteiger partial charge in [-0.15, -0.1) is 6.58 Å². The third-order valence-electron chi connectivity index (χ3n) is 13.3. The molecule has 0 radical (unpaired) electrons. The Morgan fingerprint density at radius 3 is 1.18 bits per heavy atom. The van der Waals surface area contributed by atoms with Crippen molar-refractivity contribution in [3.05, 3.63) is 95.6 Å². The van der Waals surface area contributed by atoms with E-state index in [-0.39, 0.29) is 39.7 Å². The van der Waals surface area contributed by atoms with Gasteiger partial charge >= 0.3 is 0 Å². The number of imide groups is 2. The maximum Gasteiger partial charge on any atom is 0.262 e. The number of benzene rings is 2. The fourth-order valence-corrected chi connectivity index (χ4v) is 9.08. The van der Waals surface area contributed by atoms with E-state index in [1.54, 1.807) is 42.5 Å². The molecule has 0 spiro atoms. The predicted octanol–water partition coefficient (Wildman–Crippen LogP) is 13.6. The third kappa shape index (κ3) is 14.5. The lowest BCUT2D eigenvalue weighted by Crippen LogP contribution is -2.47. The zero-order valence-electron chi connectivity index (χ0n) is 39.9. The van der Waals surface area contributed by atoms with Gasteiger partial charge in [0.25, 0.3) is 23.6 Å². The number of allylic oxidation sites excluding steroid dienone is 1.